The van der Waals surface area contributed by atoms with Crippen LogP contribution in [0.4, 0.5) is 17.6 Å². The van der Waals surface area contributed by atoms with E-state index >= 15 is 0 Å². The van der Waals surface area contributed by atoms with Crippen LogP contribution in [0.3, 0.4) is 0 Å². The molecule has 0 fully saturated rings. The normalized spacial score (nSPS) is 12.1. The number of carbonyl (C=O) groups excluding carboxylic acids is 1. The van der Waals surface area contributed by atoms with Crippen molar-refractivity contribution in [3.05, 3.63) is 65.2 Å². The van der Waals surface area contributed by atoms with Gasteiger partial charge in [-0.3, -0.25) is 4.79 Å². The van der Waals surface area contributed by atoms with Gasteiger partial charge in [-0.1, -0.05) is 18.2 Å². The number of aliphatic hydroxyl groups is 1. The monoisotopic (exact) mass is 343 g/mol. The molecular weight excluding hydrogens is 330 g/mol. The van der Waals surface area contributed by atoms with E-state index in [1.54, 1.807) is 0 Å². The van der Waals surface area contributed by atoms with Gasteiger partial charge in [0.1, 0.15) is 5.75 Å². The molecule has 24 heavy (non-hydrogen) atoms. The summed E-state index contributed by atoms with van der Waals surface area (Å²) in [6, 6.07) is 8.18. The average molecular weight is 343 g/mol. The Balaban J connectivity index is 2.04. The van der Waals surface area contributed by atoms with Gasteiger partial charge in [0.05, 0.1) is 11.7 Å². The van der Waals surface area contributed by atoms with Crippen molar-refractivity contribution in [3.8, 4) is 5.75 Å². The van der Waals surface area contributed by atoms with Gasteiger partial charge >= 0.3 is 6.61 Å². The SMILES string of the molecule is O=C(NCC(O)c1ccc(F)c(F)c1)c1ccccc1OC(F)F. The van der Waals surface area contributed by atoms with Gasteiger partial charge in [-0.2, -0.15) is 8.78 Å². The maximum atomic E-state index is 13.1. The smallest absolute Gasteiger partial charge is 0.387 e. The Morgan fingerprint density at radius 2 is 1.83 bits per heavy atom. The first-order chi connectivity index (χ1) is 11.4. The number of ether oxygens (including phenoxy) is 1. The van der Waals surface area contributed by atoms with E-state index in [9.17, 15) is 27.5 Å². The zero-order valence-corrected chi connectivity index (χ0v) is 12.2. The fraction of sp³-hybridized carbons (Fsp3) is 0.188. The van der Waals surface area contributed by atoms with Crippen LogP contribution in [0.5, 0.6) is 5.75 Å². The average Bonchev–Trinajstić information content (AvgIpc) is 2.54. The van der Waals surface area contributed by atoms with Gasteiger partial charge in [0.15, 0.2) is 11.6 Å². The molecular formula is C16H13F4NO3. The van der Waals surface area contributed by atoms with Crippen LogP contribution in [0.2, 0.25) is 0 Å². The largest absolute Gasteiger partial charge is 0.434 e. The molecule has 0 aliphatic rings. The van der Waals surface area contributed by atoms with Gasteiger partial charge in [-0.25, -0.2) is 8.78 Å². The molecule has 128 valence electrons. The molecule has 0 aliphatic carbocycles. The van der Waals surface area contributed by atoms with Crippen molar-refractivity contribution in [1.29, 1.82) is 0 Å². The molecule has 0 spiro atoms. The number of hydrogen-bond donors (Lipinski definition) is 2. The number of halogens is 4. The number of aliphatic hydroxyl groups excluding tert-OH is 1. The van der Waals surface area contributed by atoms with Gasteiger partial charge in [0.2, 0.25) is 0 Å². The second-order valence-corrected chi connectivity index (χ2v) is 4.77. The van der Waals surface area contributed by atoms with E-state index in [2.05, 4.69) is 10.1 Å². The second-order valence-electron chi connectivity index (χ2n) is 4.77. The van der Waals surface area contributed by atoms with Crippen LogP contribution in [0, 0.1) is 11.6 Å². The lowest BCUT2D eigenvalue weighted by Crippen LogP contribution is -2.29. The summed E-state index contributed by atoms with van der Waals surface area (Å²) in [6.45, 7) is -3.42. The fourth-order valence-electron chi connectivity index (χ4n) is 1.98. The van der Waals surface area contributed by atoms with Crippen LogP contribution >= 0.6 is 0 Å². The number of rotatable bonds is 6. The molecule has 1 atom stereocenters. The number of benzene rings is 2. The van der Waals surface area contributed by atoms with Crippen LogP contribution < -0.4 is 10.1 Å². The predicted molar refractivity (Wildman–Crippen MR) is 76.7 cm³/mol. The zero-order chi connectivity index (χ0) is 17.7. The third-order valence-electron chi connectivity index (χ3n) is 3.13. The minimum Gasteiger partial charge on any atom is -0.434 e. The first-order valence-electron chi connectivity index (χ1n) is 6.83. The number of hydrogen-bond acceptors (Lipinski definition) is 3. The minimum absolute atomic E-state index is 0.0614. The Bertz CT molecular complexity index is 724. The van der Waals surface area contributed by atoms with Crippen molar-refractivity contribution in [3.63, 3.8) is 0 Å². The summed E-state index contributed by atoms with van der Waals surface area (Å²) in [7, 11) is 0. The van der Waals surface area contributed by atoms with Gasteiger partial charge in [0.25, 0.3) is 5.91 Å². The van der Waals surface area contributed by atoms with Crippen LogP contribution in [0.15, 0.2) is 42.5 Å². The lowest BCUT2D eigenvalue weighted by Gasteiger charge is -2.14. The Labute approximate surface area is 134 Å². The highest BCUT2D eigenvalue weighted by atomic mass is 19.3. The summed E-state index contributed by atoms with van der Waals surface area (Å²) >= 11 is 0. The molecule has 8 heteroatoms. The van der Waals surface area contributed by atoms with Gasteiger partial charge in [0, 0.05) is 6.54 Å². The molecule has 0 saturated carbocycles. The van der Waals surface area contributed by atoms with Crippen LogP contribution in [0.25, 0.3) is 0 Å². The molecule has 1 amide bonds. The molecule has 2 rings (SSSR count). The topological polar surface area (TPSA) is 58.6 Å². The highest BCUT2D eigenvalue weighted by Gasteiger charge is 2.17. The van der Waals surface area contributed by atoms with E-state index < -0.39 is 30.3 Å². The molecule has 0 radical (unpaired) electrons. The number of alkyl halides is 2. The van der Waals surface area contributed by atoms with E-state index in [0.717, 1.165) is 12.1 Å². The molecule has 1 unspecified atom stereocenters. The highest BCUT2D eigenvalue weighted by Crippen LogP contribution is 2.21. The summed E-state index contributed by atoms with van der Waals surface area (Å²) in [5.41, 5.74) is -0.0818. The summed E-state index contributed by atoms with van der Waals surface area (Å²) < 4.78 is 54.8. The van der Waals surface area contributed by atoms with E-state index in [-0.39, 0.29) is 23.4 Å². The Morgan fingerprint density at radius 3 is 2.50 bits per heavy atom. The van der Waals surface area contributed by atoms with Crippen LogP contribution in [-0.2, 0) is 0 Å². The molecule has 4 nitrogen and oxygen atoms in total. The van der Waals surface area contributed by atoms with Gasteiger partial charge in [-0.15, -0.1) is 0 Å². The fourth-order valence-corrected chi connectivity index (χ4v) is 1.98. The lowest BCUT2D eigenvalue weighted by molar-refractivity contribution is -0.0501. The quantitative estimate of drug-likeness (QED) is 0.793. The predicted octanol–water partition coefficient (Wildman–Crippen LogP) is 3.03. The van der Waals surface area contributed by atoms with Gasteiger partial charge < -0.3 is 15.2 Å². The van der Waals surface area contributed by atoms with E-state index in [4.69, 9.17) is 0 Å². The Morgan fingerprint density at radius 1 is 1.12 bits per heavy atom. The summed E-state index contributed by atoms with van der Waals surface area (Å²) in [6.07, 6.45) is -1.30. The summed E-state index contributed by atoms with van der Waals surface area (Å²) in [5, 5.41) is 12.2. The van der Waals surface area contributed by atoms with Crippen LogP contribution in [0.1, 0.15) is 22.0 Å². The van der Waals surface area contributed by atoms with Crippen molar-refractivity contribution in [1.82, 2.24) is 5.32 Å². The number of para-hydroxylation sites is 1. The maximum Gasteiger partial charge on any atom is 0.387 e. The third-order valence-corrected chi connectivity index (χ3v) is 3.13. The molecule has 0 aromatic heterocycles. The Hall–Kier alpha value is -2.61. The summed E-state index contributed by atoms with van der Waals surface area (Å²) in [5.74, 6) is -3.26. The molecule has 0 bridgehead atoms. The first kappa shape index (κ1) is 17.7. The molecule has 0 heterocycles. The van der Waals surface area contributed by atoms with Crippen molar-refractivity contribution >= 4 is 5.91 Å². The van der Waals surface area contributed by atoms with E-state index in [1.807, 2.05) is 0 Å². The van der Waals surface area contributed by atoms with Crippen molar-refractivity contribution in [2.45, 2.75) is 12.7 Å². The lowest BCUT2D eigenvalue weighted by atomic mass is 10.1. The van der Waals surface area contributed by atoms with Crippen molar-refractivity contribution in [2.75, 3.05) is 6.54 Å². The first-order valence-corrected chi connectivity index (χ1v) is 6.83. The number of carbonyl (C=O) groups is 1. The zero-order valence-electron chi connectivity index (χ0n) is 12.2. The number of amides is 1. The summed E-state index contributed by atoms with van der Waals surface area (Å²) in [4.78, 5) is 12.0. The second kappa shape index (κ2) is 7.78. The minimum atomic E-state index is -3.09. The van der Waals surface area contributed by atoms with E-state index in [1.165, 1.54) is 30.3 Å². The van der Waals surface area contributed by atoms with Crippen molar-refractivity contribution in [2.24, 2.45) is 0 Å². The molecule has 2 aromatic rings. The third kappa shape index (κ3) is 4.45. The molecule has 2 N–H and O–H groups in total. The van der Waals surface area contributed by atoms with Gasteiger partial charge in [-0.05, 0) is 29.8 Å². The van der Waals surface area contributed by atoms with Crippen molar-refractivity contribution < 1.29 is 32.2 Å². The highest BCUT2D eigenvalue weighted by molar-refractivity contribution is 5.96. The molecule has 2 aromatic carbocycles. The molecule has 0 saturated heterocycles. The van der Waals surface area contributed by atoms with E-state index in [0.29, 0.717) is 0 Å². The standard InChI is InChI=1S/C16H13F4NO3/c17-11-6-5-9(7-12(11)18)13(22)8-21-15(23)10-3-1-2-4-14(10)24-16(19)20/h1-7,13,16,22H,8H2,(H,21,23). The molecule has 0 aliphatic heterocycles. The maximum absolute atomic E-state index is 13.1. The number of nitrogens with one attached hydrogen (secondary N) is 1. The Kier molecular flexibility index (Phi) is 5.75. The van der Waals surface area contributed by atoms with Crippen LogP contribution in [-0.4, -0.2) is 24.2 Å².